The van der Waals surface area contributed by atoms with Gasteiger partial charge in [-0.1, -0.05) is 12.1 Å². The molecular weight excluding hydrogens is 312 g/mol. The number of imidazole rings is 1. The number of aromatic amines is 2. The molecule has 23 heavy (non-hydrogen) atoms. The fraction of sp³-hybridized carbons (Fsp3) is 0.235. The lowest BCUT2D eigenvalue weighted by atomic mass is 9.97. The molecule has 4 rings (SSSR count). The second-order valence-corrected chi connectivity index (χ2v) is 5.75. The number of hydrogen-bond acceptors (Lipinski definition) is 3. The smallest absolute Gasteiger partial charge is 0.204 e. The summed E-state index contributed by atoms with van der Waals surface area (Å²) in [5, 5.41) is 1.09. The van der Waals surface area contributed by atoms with Gasteiger partial charge >= 0.3 is 0 Å². The predicted octanol–water partition coefficient (Wildman–Crippen LogP) is 3.16. The Morgan fingerprint density at radius 1 is 1.26 bits per heavy atom. The summed E-state index contributed by atoms with van der Waals surface area (Å²) in [6.45, 7) is 4.00. The third-order valence-electron chi connectivity index (χ3n) is 4.32. The number of Topliss-reactive ketones (excluding diaryl/α,β-unsaturated/α-hetero) is 1. The predicted molar refractivity (Wildman–Crippen MR) is 93.0 cm³/mol. The molecule has 1 atom stereocenters. The molecule has 1 aliphatic rings. The largest absolute Gasteiger partial charge is 0.351 e. The van der Waals surface area contributed by atoms with Crippen LogP contribution in [0.4, 0.5) is 0 Å². The molecule has 2 N–H and O–H groups in total. The molecule has 0 saturated carbocycles. The zero-order valence-electron chi connectivity index (χ0n) is 12.9. The van der Waals surface area contributed by atoms with Crippen molar-refractivity contribution in [2.24, 2.45) is 4.99 Å². The summed E-state index contributed by atoms with van der Waals surface area (Å²) >= 11 is 0. The second kappa shape index (κ2) is 5.66. The Balaban J connectivity index is 0.00000156. The molecule has 0 bridgehead atoms. The SMILES string of the molecule is Cc1[nH]cnc1CC1N=Cc2c([nH]c3cccc(C)c23)C1=O.Cl. The van der Waals surface area contributed by atoms with Crippen LogP contribution < -0.4 is 0 Å². The molecule has 0 amide bonds. The van der Waals surface area contributed by atoms with E-state index in [4.69, 9.17) is 0 Å². The first kappa shape index (κ1) is 15.5. The van der Waals surface area contributed by atoms with Crippen LogP contribution in [0.2, 0.25) is 0 Å². The number of hydrogen-bond donors (Lipinski definition) is 2. The highest BCUT2D eigenvalue weighted by Crippen LogP contribution is 2.28. The molecule has 3 aromatic rings. The summed E-state index contributed by atoms with van der Waals surface area (Å²) < 4.78 is 0. The molecule has 0 saturated heterocycles. The topological polar surface area (TPSA) is 73.9 Å². The van der Waals surface area contributed by atoms with Crippen LogP contribution >= 0.6 is 12.4 Å². The van der Waals surface area contributed by atoms with Crippen LogP contribution in [0.25, 0.3) is 10.9 Å². The van der Waals surface area contributed by atoms with E-state index in [1.54, 1.807) is 6.33 Å². The maximum atomic E-state index is 12.8. The number of H-pyrrole nitrogens is 2. The van der Waals surface area contributed by atoms with Crippen LogP contribution in [0.5, 0.6) is 0 Å². The number of benzene rings is 1. The van der Waals surface area contributed by atoms with E-state index in [-0.39, 0.29) is 18.2 Å². The number of carbonyl (C=O) groups is 1. The minimum atomic E-state index is -0.400. The molecule has 1 unspecified atom stereocenters. The number of nitrogens with one attached hydrogen (secondary N) is 2. The Kier molecular flexibility index (Phi) is 3.82. The third kappa shape index (κ3) is 2.37. The molecule has 0 spiro atoms. The van der Waals surface area contributed by atoms with Gasteiger partial charge in [-0.3, -0.25) is 9.79 Å². The van der Waals surface area contributed by atoms with Crippen LogP contribution in [0.3, 0.4) is 0 Å². The average molecular weight is 329 g/mol. The van der Waals surface area contributed by atoms with E-state index in [2.05, 4.69) is 19.9 Å². The molecule has 1 aliphatic heterocycles. The van der Waals surface area contributed by atoms with E-state index in [0.717, 1.165) is 33.4 Å². The van der Waals surface area contributed by atoms with Gasteiger partial charge in [0.25, 0.3) is 0 Å². The lowest BCUT2D eigenvalue weighted by Gasteiger charge is -2.14. The Morgan fingerprint density at radius 3 is 2.83 bits per heavy atom. The maximum Gasteiger partial charge on any atom is 0.204 e. The van der Waals surface area contributed by atoms with Crippen LogP contribution in [0.1, 0.15) is 33.0 Å². The maximum absolute atomic E-state index is 12.8. The lowest BCUT2D eigenvalue weighted by Crippen LogP contribution is -2.26. The summed E-state index contributed by atoms with van der Waals surface area (Å²) in [5.41, 5.74) is 5.59. The number of aryl methyl sites for hydroxylation is 2. The normalized spacial score (nSPS) is 16.4. The van der Waals surface area contributed by atoms with Gasteiger partial charge in [0, 0.05) is 34.8 Å². The number of rotatable bonds is 2. The number of fused-ring (bicyclic) bond motifs is 3. The van der Waals surface area contributed by atoms with Crippen molar-refractivity contribution < 1.29 is 4.79 Å². The molecule has 0 radical (unpaired) electrons. The molecule has 0 aliphatic carbocycles. The summed E-state index contributed by atoms with van der Waals surface area (Å²) in [6, 6.07) is 5.64. The zero-order chi connectivity index (χ0) is 15.3. The van der Waals surface area contributed by atoms with Gasteiger partial charge in [0.1, 0.15) is 6.04 Å². The van der Waals surface area contributed by atoms with Crippen molar-refractivity contribution in [2.45, 2.75) is 26.3 Å². The Labute approximate surface area is 139 Å². The first-order valence-corrected chi connectivity index (χ1v) is 7.32. The fourth-order valence-corrected chi connectivity index (χ4v) is 3.10. The minimum Gasteiger partial charge on any atom is -0.351 e. The van der Waals surface area contributed by atoms with Crippen molar-refractivity contribution in [3.05, 3.63) is 52.7 Å². The summed E-state index contributed by atoms with van der Waals surface area (Å²) in [7, 11) is 0. The number of aliphatic imine (C=N–C) groups is 1. The number of nitrogens with zero attached hydrogens (tertiary/aromatic N) is 2. The van der Waals surface area contributed by atoms with E-state index in [0.29, 0.717) is 12.1 Å². The lowest BCUT2D eigenvalue weighted by molar-refractivity contribution is 0.0955. The minimum absolute atomic E-state index is 0. The third-order valence-corrected chi connectivity index (χ3v) is 4.32. The van der Waals surface area contributed by atoms with Crippen molar-refractivity contribution in [3.63, 3.8) is 0 Å². The highest BCUT2D eigenvalue weighted by molar-refractivity contribution is 6.16. The van der Waals surface area contributed by atoms with E-state index < -0.39 is 6.04 Å². The molecule has 5 nitrogen and oxygen atoms in total. The number of halogens is 1. The zero-order valence-corrected chi connectivity index (χ0v) is 13.7. The van der Waals surface area contributed by atoms with Gasteiger partial charge in [0.2, 0.25) is 5.78 Å². The van der Waals surface area contributed by atoms with Gasteiger partial charge in [-0.25, -0.2) is 4.98 Å². The highest BCUT2D eigenvalue weighted by atomic mass is 35.5. The fourth-order valence-electron chi connectivity index (χ4n) is 3.10. The molecule has 1 aromatic carbocycles. The van der Waals surface area contributed by atoms with Gasteiger partial charge in [0.05, 0.1) is 17.7 Å². The Morgan fingerprint density at radius 2 is 2.09 bits per heavy atom. The van der Waals surface area contributed by atoms with E-state index in [1.807, 2.05) is 38.3 Å². The van der Waals surface area contributed by atoms with Crippen LogP contribution in [0, 0.1) is 13.8 Å². The first-order valence-electron chi connectivity index (χ1n) is 7.32. The van der Waals surface area contributed by atoms with E-state index >= 15 is 0 Å². The Bertz CT molecular complexity index is 922. The second-order valence-electron chi connectivity index (χ2n) is 5.75. The van der Waals surface area contributed by atoms with E-state index in [9.17, 15) is 4.79 Å². The van der Waals surface area contributed by atoms with Crippen molar-refractivity contribution in [3.8, 4) is 0 Å². The number of carbonyl (C=O) groups excluding carboxylic acids is 1. The summed E-state index contributed by atoms with van der Waals surface area (Å²) in [6.07, 6.45) is 4.01. The van der Waals surface area contributed by atoms with Crippen LogP contribution in [-0.4, -0.2) is 33.0 Å². The molecule has 118 valence electrons. The molecule has 6 heteroatoms. The Hall–Kier alpha value is -2.40. The summed E-state index contributed by atoms with van der Waals surface area (Å²) in [5.74, 6) is 0.0375. The highest BCUT2D eigenvalue weighted by Gasteiger charge is 2.29. The quantitative estimate of drug-likeness (QED) is 0.758. The van der Waals surface area contributed by atoms with Crippen LogP contribution in [0.15, 0.2) is 29.5 Å². The van der Waals surface area contributed by atoms with Crippen molar-refractivity contribution in [2.75, 3.05) is 0 Å². The molecule has 3 heterocycles. The number of aromatic nitrogens is 3. The number of ketones is 1. The van der Waals surface area contributed by atoms with Gasteiger partial charge in [0.15, 0.2) is 0 Å². The summed E-state index contributed by atoms with van der Waals surface area (Å²) in [4.78, 5) is 27.8. The monoisotopic (exact) mass is 328 g/mol. The molecule has 0 fully saturated rings. The van der Waals surface area contributed by atoms with Crippen LogP contribution in [-0.2, 0) is 6.42 Å². The van der Waals surface area contributed by atoms with Crippen molar-refractivity contribution >= 4 is 35.3 Å². The van der Waals surface area contributed by atoms with Gasteiger partial charge < -0.3 is 9.97 Å². The van der Waals surface area contributed by atoms with E-state index in [1.165, 1.54) is 0 Å². The van der Waals surface area contributed by atoms with Gasteiger partial charge in [-0.2, -0.15) is 0 Å². The van der Waals surface area contributed by atoms with Gasteiger partial charge in [-0.15, -0.1) is 12.4 Å². The van der Waals surface area contributed by atoms with Gasteiger partial charge in [-0.05, 0) is 25.5 Å². The molecular formula is C17H17ClN4O. The van der Waals surface area contributed by atoms with Crippen molar-refractivity contribution in [1.82, 2.24) is 15.0 Å². The standard InChI is InChI=1S/C17H16N4O.ClH/c1-9-4-3-5-12-15(9)11-7-18-14(17(22)16(11)21-12)6-13-10(2)19-8-20-13;/h3-5,7-8,14,21H,6H2,1-2H3,(H,19,20);1H. The van der Waals surface area contributed by atoms with Crippen molar-refractivity contribution in [1.29, 1.82) is 0 Å². The first-order chi connectivity index (χ1) is 10.6. The molecule has 2 aromatic heterocycles. The average Bonchev–Trinajstić information content (AvgIpc) is 3.07.